The summed E-state index contributed by atoms with van der Waals surface area (Å²) in [5.74, 6) is -1.24. The average molecular weight is 502 g/mol. The van der Waals surface area contributed by atoms with Crippen LogP contribution in [-0.4, -0.2) is 22.0 Å². The third-order valence-corrected chi connectivity index (χ3v) is 6.34. The van der Waals surface area contributed by atoms with E-state index in [1.807, 2.05) is 0 Å². The first-order chi connectivity index (χ1) is 15.8. The highest BCUT2D eigenvalue weighted by Crippen LogP contribution is 2.35. The lowest BCUT2D eigenvalue weighted by atomic mass is 10.2. The molecule has 4 rings (SSSR count). The van der Waals surface area contributed by atoms with E-state index in [0.29, 0.717) is 21.2 Å². The zero-order chi connectivity index (χ0) is 23.5. The number of amides is 2. The first-order valence-electron chi connectivity index (χ1n) is 9.58. The molecule has 1 aliphatic heterocycles. The summed E-state index contributed by atoms with van der Waals surface area (Å²) in [4.78, 5) is 38.6. The van der Waals surface area contributed by atoms with E-state index in [4.69, 9.17) is 27.9 Å². The van der Waals surface area contributed by atoms with Crippen LogP contribution in [0.1, 0.15) is 21.5 Å². The van der Waals surface area contributed by atoms with Crippen LogP contribution < -0.4 is 4.74 Å². The molecule has 1 fully saturated rings. The van der Waals surface area contributed by atoms with Crippen LogP contribution in [0.2, 0.25) is 10.0 Å². The van der Waals surface area contributed by atoms with Gasteiger partial charge in [-0.1, -0.05) is 41.4 Å². The maximum absolute atomic E-state index is 13.0. The molecule has 1 heterocycles. The lowest BCUT2D eigenvalue weighted by molar-refractivity contribution is -0.123. The van der Waals surface area contributed by atoms with Gasteiger partial charge in [-0.3, -0.25) is 14.5 Å². The second-order valence-corrected chi connectivity index (χ2v) is 8.74. The molecule has 1 saturated heterocycles. The first-order valence-corrected chi connectivity index (χ1v) is 11.1. The topological polar surface area (TPSA) is 63.7 Å². The Kier molecular flexibility index (Phi) is 6.83. The number of hydrogen-bond donors (Lipinski definition) is 0. The number of ether oxygens (including phenoxy) is 1. The van der Waals surface area contributed by atoms with Crippen LogP contribution in [-0.2, 0) is 11.3 Å². The smallest absolute Gasteiger partial charge is 0.343 e. The van der Waals surface area contributed by atoms with Gasteiger partial charge < -0.3 is 4.74 Å². The minimum Gasteiger partial charge on any atom is -0.423 e. The molecule has 166 valence electrons. The Labute approximate surface area is 202 Å². The predicted octanol–water partition coefficient (Wildman–Crippen LogP) is 6.59. The molecule has 0 N–H and O–H groups in total. The quantitative estimate of drug-likeness (QED) is 0.224. The normalized spacial score (nSPS) is 14.8. The highest BCUT2D eigenvalue weighted by atomic mass is 35.5. The van der Waals surface area contributed by atoms with Gasteiger partial charge in [-0.05, 0) is 71.9 Å². The predicted molar refractivity (Wildman–Crippen MR) is 126 cm³/mol. The summed E-state index contributed by atoms with van der Waals surface area (Å²) in [6.45, 7) is -0.0290. The molecule has 5 nitrogen and oxygen atoms in total. The number of carbonyl (C=O) groups excluding carboxylic acids is 3. The molecule has 0 saturated carbocycles. The van der Waals surface area contributed by atoms with Crippen molar-refractivity contribution in [1.82, 2.24) is 4.90 Å². The van der Waals surface area contributed by atoms with E-state index in [1.165, 1.54) is 24.3 Å². The first kappa shape index (κ1) is 23.0. The molecule has 2 amide bonds. The highest BCUT2D eigenvalue weighted by molar-refractivity contribution is 8.18. The van der Waals surface area contributed by atoms with Crippen LogP contribution in [0.25, 0.3) is 6.08 Å². The fourth-order valence-electron chi connectivity index (χ4n) is 3.01. The molecule has 0 unspecified atom stereocenters. The summed E-state index contributed by atoms with van der Waals surface area (Å²) in [5.41, 5.74) is 1.35. The number of esters is 1. The molecule has 1 aliphatic rings. The number of imide groups is 1. The van der Waals surface area contributed by atoms with Gasteiger partial charge in [0.05, 0.1) is 17.0 Å². The largest absolute Gasteiger partial charge is 0.423 e. The van der Waals surface area contributed by atoms with Crippen molar-refractivity contribution in [2.45, 2.75) is 6.54 Å². The van der Waals surface area contributed by atoms with E-state index in [0.717, 1.165) is 16.7 Å². The molecule has 0 radical (unpaired) electrons. The van der Waals surface area contributed by atoms with Crippen molar-refractivity contribution in [2.75, 3.05) is 0 Å². The van der Waals surface area contributed by atoms with Gasteiger partial charge in [0.25, 0.3) is 11.1 Å². The molecule has 0 spiro atoms. The van der Waals surface area contributed by atoms with Gasteiger partial charge in [-0.15, -0.1) is 0 Å². The van der Waals surface area contributed by atoms with Gasteiger partial charge in [-0.2, -0.15) is 0 Å². The molecule has 3 aromatic carbocycles. The summed E-state index contributed by atoms with van der Waals surface area (Å²) in [6, 6.07) is 16.4. The van der Waals surface area contributed by atoms with Crippen molar-refractivity contribution >= 4 is 58.2 Å². The zero-order valence-corrected chi connectivity index (χ0v) is 19.1. The third kappa shape index (κ3) is 5.27. The molecule has 33 heavy (non-hydrogen) atoms. The molecular weight excluding hydrogens is 488 g/mol. The Morgan fingerprint density at radius 1 is 0.970 bits per heavy atom. The average Bonchev–Trinajstić information content (AvgIpc) is 3.05. The van der Waals surface area contributed by atoms with Crippen LogP contribution >= 0.6 is 35.0 Å². The Balaban J connectivity index is 1.45. The van der Waals surface area contributed by atoms with Gasteiger partial charge >= 0.3 is 5.97 Å². The second-order valence-electron chi connectivity index (χ2n) is 6.93. The second kappa shape index (κ2) is 9.79. The van der Waals surface area contributed by atoms with Crippen LogP contribution in [0.5, 0.6) is 5.75 Å². The van der Waals surface area contributed by atoms with Gasteiger partial charge in [0.15, 0.2) is 0 Å². The van der Waals surface area contributed by atoms with Crippen LogP contribution in [0.4, 0.5) is 9.18 Å². The maximum atomic E-state index is 13.0. The monoisotopic (exact) mass is 501 g/mol. The molecule has 3 aromatic rings. The fourth-order valence-corrected chi connectivity index (χ4v) is 4.37. The Bertz CT molecular complexity index is 1260. The Morgan fingerprint density at radius 2 is 1.61 bits per heavy atom. The maximum Gasteiger partial charge on any atom is 0.343 e. The van der Waals surface area contributed by atoms with Gasteiger partial charge in [0, 0.05) is 15.6 Å². The van der Waals surface area contributed by atoms with Gasteiger partial charge in [-0.25, -0.2) is 9.18 Å². The number of carbonyl (C=O) groups is 3. The molecule has 0 bridgehead atoms. The van der Waals surface area contributed by atoms with Crippen molar-refractivity contribution in [3.05, 3.63) is 104 Å². The molecule has 0 atom stereocenters. The minimum atomic E-state index is -0.623. The van der Waals surface area contributed by atoms with Crippen molar-refractivity contribution in [3.63, 3.8) is 0 Å². The Morgan fingerprint density at radius 3 is 2.24 bits per heavy atom. The number of thioether (sulfide) groups is 1. The minimum absolute atomic E-state index is 0.0290. The van der Waals surface area contributed by atoms with Crippen molar-refractivity contribution in [1.29, 1.82) is 0 Å². The molecule has 0 aliphatic carbocycles. The van der Waals surface area contributed by atoms with E-state index >= 15 is 0 Å². The lowest BCUT2D eigenvalue weighted by Crippen LogP contribution is -2.27. The summed E-state index contributed by atoms with van der Waals surface area (Å²) < 4.78 is 18.3. The molecule has 9 heteroatoms. The summed E-state index contributed by atoms with van der Waals surface area (Å²) in [7, 11) is 0. The zero-order valence-electron chi connectivity index (χ0n) is 16.8. The number of rotatable bonds is 5. The van der Waals surface area contributed by atoms with E-state index in [2.05, 4.69) is 0 Å². The summed E-state index contributed by atoms with van der Waals surface area (Å²) in [6.07, 6.45) is 1.57. The number of halogens is 3. The molecular formula is C24H14Cl2FNO4S. The number of benzene rings is 3. The lowest BCUT2D eigenvalue weighted by Gasteiger charge is -2.14. The summed E-state index contributed by atoms with van der Waals surface area (Å²) >= 11 is 13.1. The summed E-state index contributed by atoms with van der Waals surface area (Å²) in [5, 5.41) is 0.319. The van der Waals surface area contributed by atoms with Crippen molar-refractivity contribution in [3.8, 4) is 5.75 Å². The van der Waals surface area contributed by atoms with Crippen LogP contribution in [0.3, 0.4) is 0 Å². The van der Waals surface area contributed by atoms with Gasteiger partial charge in [0.1, 0.15) is 11.6 Å². The van der Waals surface area contributed by atoms with Gasteiger partial charge in [0.2, 0.25) is 0 Å². The van der Waals surface area contributed by atoms with E-state index in [-0.39, 0.29) is 22.8 Å². The highest BCUT2D eigenvalue weighted by Gasteiger charge is 2.35. The fraction of sp³-hybridized carbons (Fsp3) is 0.0417. The van der Waals surface area contributed by atoms with Crippen LogP contribution in [0.15, 0.2) is 71.6 Å². The van der Waals surface area contributed by atoms with E-state index < -0.39 is 22.9 Å². The third-order valence-electron chi connectivity index (χ3n) is 4.72. The van der Waals surface area contributed by atoms with Crippen molar-refractivity contribution in [2.24, 2.45) is 0 Å². The molecule has 0 aromatic heterocycles. The van der Waals surface area contributed by atoms with E-state index in [9.17, 15) is 18.8 Å². The van der Waals surface area contributed by atoms with E-state index in [1.54, 1.807) is 48.5 Å². The number of hydrogen-bond acceptors (Lipinski definition) is 5. The standard InChI is InChI=1S/C24H14Cl2FNO4S/c25-19-2-1-3-20(26)18(19)13-28-22(29)21(33-24(28)31)12-14-4-10-17(11-5-14)32-23(30)15-6-8-16(27)9-7-15/h1-12H,13H2/b21-12-. The number of nitrogens with zero attached hydrogens (tertiary/aromatic N) is 1. The van der Waals surface area contributed by atoms with Crippen molar-refractivity contribution < 1.29 is 23.5 Å². The van der Waals surface area contributed by atoms with Crippen LogP contribution in [0, 0.1) is 5.82 Å². The Hall–Kier alpha value is -3.13. The SMILES string of the molecule is O=C(Oc1ccc(/C=C2\SC(=O)N(Cc3c(Cl)cccc3Cl)C2=O)cc1)c1ccc(F)cc1.